The summed E-state index contributed by atoms with van der Waals surface area (Å²) >= 11 is 0. The van der Waals surface area contributed by atoms with Crippen molar-refractivity contribution in [2.24, 2.45) is 0 Å². The number of rotatable bonds is 10. The lowest BCUT2D eigenvalue weighted by Crippen LogP contribution is -2.21. The molecule has 2 aromatic rings. The van der Waals surface area contributed by atoms with Gasteiger partial charge in [0.1, 0.15) is 0 Å². The van der Waals surface area contributed by atoms with Crippen LogP contribution in [0.5, 0.6) is 0 Å². The summed E-state index contributed by atoms with van der Waals surface area (Å²) < 4.78 is 4.93. The molecule has 0 radical (unpaired) electrons. The average Bonchev–Trinajstić information content (AvgIpc) is 2.72. The number of carbonyl (C=O) groups is 4. The van der Waals surface area contributed by atoms with E-state index in [0.29, 0.717) is 16.9 Å². The van der Waals surface area contributed by atoms with Gasteiger partial charge < -0.3 is 15.4 Å². The molecule has 0 unspecified atom stereocenters. The third-order valence-corrected chi connectivity index (χ3v) is 4.22. The second kappa shape index (κ2) is 11.5. The van der Waals surface area contributed by atoms with Crippen molar-refractivity contribution in [2.75, 3.05) is 17.2 Å². The quantitative estimate of drug-likeness (QED) is 0.459. The van der Waals surface area contributed by atoms with Crippen LogP contribution in [-0.4, -0.2) is 30.2 Å². The van der Waals surface area contributed by atoms with Crippen LogP contribution in [0.2, 0.25) is 0 Å². The first kappa shape index (κ1) is 22.8. The van der Waals surface area contributed by atoms with Crippen LogP contribution in [0.3, 0.4) is 0 Å². The SMILES string of the molecule is CCCc1ccc(C(=O)CCC(=O)OCC(=O)Nc2ccc(NC(C)=O)cc2)cc1. The molecule has 0 aliphatic heterocycles. The van der Waals surface area contributed by atoms with Gasteiger partial charge in [-0.05, 0) is 36.2 Å². The highest BCUT2D eigenvalue weighted by molar-refractivity contribution is 5.98. The van der Waals surface area contributed by atoms with Crippen molar-refractivity contribution in [3.05, 3.63) is 59.7 Å². The van der Waals surface area contributed by atoms with Gasteiger partial charge in [-0.25, -0.2) is 0 Å². The van der Waals surface area contributed by atoms with E-state index in [-0.39, 0.29) is 24.5 Å². The maximum absolute atomic E-state index is 12.2. The highest BCUT2D eigenvalue weighted by atomic mass is 16.5. The van der Waals surface area contributed by atoms with Gasteiger partial charge >= 0.3 is 5.97 Å². The molecule has 0 aliphatic carbocycles. The molecule has 0 saturated heterocycles. The maximum atomic E-state index is 12.2. The molecule has 7 heteroatoms. The minimum atomic E-state index is -0.609. The Kier molecular flexibility index (Phi) is 8.75. The van der Waals surface area contributed by atoms with Crippen molar-refractivity contribution >= 4 is 34.9 Å². The fourth-order valence-corrected chi connectivity index (χ4v) is 2.76. The molecular formula is C23H26N2O5. The summed E-state index contributed by atoms with van der Waals surface area (Å²) in [4.78, 5) is 46.9. The number of carbonyl (C=O) groups excluding carboxylic acids is 4. The fraction of sp³-hybridized carbons (Fsp3) is 0.304. The summed E-state index contributed by atoms with van der Waals surface area (Å²) in [5, 5.41) is 5.21. The third-order valence-electron chi connectivity index (χ3n) is 4.22. The van der Waals surface area contributed by atoms with Crippen LogP contribution in [-0.2, 0) is 25.5 Å². The Morgan fingerprint density at radius 1 is 0.833 bits per heavy atom. The highest BCUT2D eigenvalue weighted by Crippen LogP contribution is 2.14. The Morgan fingerprint density at radius 2 is 1.43 bits per heavy atom. The van der Waals surface area contributed by atoms with Crippen LogP contribution in [0.4, 0.5) is 11.4 Å². The number of Topliss-reactive ketones (excluding diaryl/α,β-unsaturated/α-hetero) is 1. The van der Waals surface area contributed by atoms with Gasteiger partial charge in [0, 0.05) is 30.3 Å². The Morgan fingerprint density at radius 3 is 2.00 bits per heavy atom. The molecule has 0 spiro atoms. The molecule has 0 saturated carbocycles. The van der Waals surface area contributed by atoms with E-state index in [4.69, 9.17) is 4.74 Å². The first-order valence-electron chi connectivity index (χ1n) is 9.82. The number of hydrogen-bond donors (Lipinski definition) is 2. The number of amides is 2. The molecule has 2 aromatic carbocycles. The second-order valence-corrected chi connectivity index (χ2v) is 6.84. The van der Waals surface area contributed by atoms with Crippen molar-refractivity contribution in [2.45, 2.75) is 39.5 Å². The highest BCUT2D eigenvalue weighted by Gasteiger charge is 2.12. The first-order chi connectivity index (χ1) is 14.4. The van der Waals surface area contributed by atoms with Crippen molar-refractivity contribution in [1.82, 2.24) is 0 Å². The lowest BCUT2D eigenvalue weighted by molar-refractivity contribution is -0.147. The van der Waals surface area contributed by atoms with Crippen molar-refractivity contribution in [3.63, 3.8) is 0 Å². The Labute approximate surface area is 175 Å². The van der Waals surface area contributed by atoms with E-state index in [1.54, 1.807) is 36.4 Å². The van der Waals surface area contributed by atoms with E-state index in [9.17, 15) is 19.2 Å². The predicted molar refractivity (Wildman–Crippen MR) is 114 cm³/mol. The summed E-state index contributed by atoms with van der Waals surface area (Å²) in [5.41, 5.74) is 2.84. The molecule has 0 aromatic heterocycles. The Hall–Kier alpha value is -3.48. The smallest absolute Gasteiger partial charge is 0.306 e. The van der Waals surface area contributed by atoms with Crippen LogP contribution in [0.15, 0.2) is 48.5 Å². The zero-order valence-electron chi connectivity index (χ0n) is 17.2. The summed E-state index contributed by atoms with van der Waals surface area (Å²) in [6.45, 7) is 3.06. The van der Waals surface area contributed by atoms with Gasteiger partial charge in [-0.1, -0.05) is 37.6 Å². The standard InChI is InChI=1S/C23H26N2O5/c1-3-4-17-5-7-18(8-6-17)21(27)13-14-23(29)30-15-22(28)25-20-11-9-19(10-12-20)24-16(2)26/h5-12H,3-4,13-15H2,1-2H3,(H,24,26)(H,25,28). The second-order valence-electron chi connectivity index (χ2n) is 6.84. The maximum Gasteiger partial charge on any atom is 0.306 e. The van der Waals surface area contributed by atoms with Crippen molar-refractivity contribution < 1.29 is 23.9 Å². The normalized spacial score (nSPS) is 10.2. The Balaban J connectivity index is 1.71. The zero-order valence-corrected chi connectivity index (χ0v) is 17.2. The number of anilines is 2. The summed E-state index contributed by atoms with van der Waals surface area (Å²) in [6, 6.07) is 13.9. The van der Waals surface area contributed by atoms with Crippen LogP contribution in [0.1, 0.15) is 49.0 Å². The van der Waals surface area contributed by atoms with Gasteiger partial charge in [-0.3, -0.25) is 19.2 Å². The number of nitrogens with one attached hydrogen (secondary N) is 2. The largest absolute Gasteiger partial charge is 0.456 e. The van der Waals surface area contributed by atoms with E-state index in [1.807, 2.05) is 12.1 Å². The molecule has 30 heavy (non-hydrogen) atoms. The molecule has 0 heterocycles. The van der Waals surface area contributed by atoms with Gasteiger partial charge in [0.2, 0.25) is 5.91 Å². The van der Waals surface area contributed by atoms with Crippen molar-refractivity contribution in [3.8, 4) is 0 Å². The van der Waals surface area contributed by atoms with Gasteiger partial charge in [-0.15, -0.1) is 0 Å². The molecule has 0 bridgehead atoms. The van der Waals surface area contributed by atoms with Crippen LogP contribution in [0.25, 0.3) is 0 Å². The number of ketones is 1. The van der Waals surface area contributed by atoms with E-state index in [0.717, 1.165) is 12.8 Å². The zero-order chi connectivity index (χ0) is 21.9. The van der Waals surface area contributed by atoms with Gasteiger partial charge in [0.15, 0.2) is 12.4 Å². The molecule has 2 N–H and O–H groups in total. The first-order valence-corrected chi connectivity index (χ1v) is 9.82. The predicted octanol–water partition coefficient (Wildman–Crippen LogP) is 3.74. The van der Waals surface area contributed by atoms with Gasteiger partial charge in [0.05, 0.1) is 6.42 Å². The fourth-order valence-electron chi connectivity index (χ4n) is 2.76. The number of benzene rings is 2. The molecular weight excluding hydrogens is 384 g/mol. The van der Waals surface area contributed by atoms with E-state index in [2.05, 4.69) is 17.6 Å². The van der Waals surface area contributed by atoms with Crippen LogP contribution in [0, 0.1) is 0 Å². The molecule has 158 valence electrons. The lowest BCUT2D eigenvalue weighted by atomic mass is 10.0. The van der Waals surface area contributed by atoms with Crippen molar-refractivity contribution in [1.29, 1.82) is 0 Å². The van der Waals surface area contributed by atoms with E-state index >= 15 is 0 Å². The molecule has 0 aliphatic rings. The minimum Gasteiger partial charge on any atom is -0.456 e. The third kappa shape index (κ3) is 7.87. The van der Waals surface area contributed by atoms with Gasteiger partial charge in [-0.2, -0.15) is 0 Å². The Bertz CT molecular complexity index is 889. The van der Waals surface area contributed by atoms with E-state index < -0.39 is 18.5 Å². The van der Waals surface area contributed by atoms with Crippen LogP contribution >= 0.6 is 0 Å². The van der Waals surface area contributed by atoms with Crippen LogP contribution < -0.4 is 10.6 Å². The summed E-state index contributed by atoms with van der Waals surface area (Å²) in [6.07, 6.45) is 1.93. The molecule has 2 rings (SSSR count). The molecule has 0 atom stereocenters. The number of ether oxygens (including phenoxy) is 1. The lowest BCUT2D eigenvalue weighted by Gasteiger charge is -2.08. The molecule has 7 nitrogen and oxygen atoms in total. The number of esters is 1. The topological polar surface area (TPSA) is 102 Å². The molecule has 2 amide bonds. The van der Waals surface area contributed by atoms with Gasteiger partial charge in [0.25, 0.3) is 5.91 Å². The summed E-state index contributed by atoms with van der Waals surface area (Å²) in [5.74, 6) is -1.43. The number of aryl methyl sites for hydroxylation is 1. The summed E-state index contributed by atoms with van der Waals surface area (Å²) in [7, 11) is 0. The minimum absolute atomic E-state index is 0.0260. The molecule has 0 fully saturated rings. The van der Waals surface area contributed by atoms with E-state index in [1.165, 1.54) is 12.5 Å². The number of hydrogen-bond acceptors (Lipinski definition) is 5. The average molecular weight is 410 g/mol. The monoisotopic (exact) mass is 410 g/mol.